The minimum atomic E-state index is -0.0567. The van der Waals surface area contributed by atoms with Gasteiger partial charge in [-0.3, -0.25) is 10.2 Å². The molecule has 12 heavy (non-hydrogen) atoms. The fourth-order valence-corrected chi connectivity index (χ4v) is 1.11. The molecule has 0 spiro atoms. The zero-order chi connectivity index (χ0) is 9.56. The molecule has 3 N–H and O–H groups in total. The molecule has 72 valence electrons. The Hall–Kier alpha value is -0.570. The van der Waals surface area contributed by atoms with Crippen molar-refractivity contribution in [3.05, 3.63) is 0 Å². The zero-order valence-electron chi connectivity index (χ0n) is 8.26. The van der Waals surface area contributed by atoms with E-state index in [1.807, 2.05) is 6.92 Å². The van der Waals surface area contributed by atoms with Gasteiger partial charge in [0, 0.05) is 5.92 Å². The van der Waals surface area contributed by atoms with Crippen molar-refractivity contribution in [3.8, 4) is 0 Å². The molecule has 0 fully saturated rings. The molecule has 1 atom stereocenters. The standard InChI is InChI=1S/C9H20N2O/c1-7(2)5-4-6-8(3)9(12)11-10/h7-8H,4-6,10H2,1-3H3,(H,11,12). The molecule has 0 aromatic rings. The molecule has 0 aliphatic carbocycles. The number of carbonyl (C=O) groups is 1. The summed E-state index contributed by atoms with van der Waals surface area (Å²) in [5, 5.41) is 0. The average Bonchev–Trinajstić information content (AvgIpc) is 2.02. The van der Waals surface area contributed by atoms with Crippen LogP contribution in [0.4, 0.5) is 0 Å². The van der Waals surface area contributed by atoms with Crippen molar-refractivity contribution in [2.75, 3.05) is 0 Å². The van der Waals surface area contributed by atoms with Gasteiger partial charge in [-0.05, 0) is 12.3 Å². The van der Waals surface area contributed by atoms with Crippen molar-refractivity contribution in [2.45, 2.75) is 40.0 Å². The Kier molecular flexibility index (Phi) is 5.72. The fourth-order valence-electron chi connectivity index (χ4n) is 1.11. The van der Waals surface area contributed by atoms with Crippen LogP contribution in [0.5, 0.6) is 0 Å². The zero-order valence-corrected chi connectivity index (χ0v) is 8.26. The maximum absolute atomic E-state index is 11.0. The van der Waals surface area contributed by atoms with Crippen molar-refractivity contribution in [1.82, 2.24) is 5.43 Å². The van der Waals surface area contributed by atoms with Crippen LogP contribution in [0.15, 0.2) is 0 Å². The second-order valence-corrected chi connectivity index (χ2v) is 3.73. The third-order valence-electron chi connectivity index (χ3n) is 2.01. The van der Waals surface area contributed by atoms with Crippen molar-refractivity contribution in [1.29, 1.82) is 0 Å². The first kappa shape index (κ1) is 11.4. The van der Waals surface area contributed by atoms with Gasteiger partial charge in [-0.15, -0.1) is 0 Å². The van der Waals surface area contributed by atoms with Gasteiger partial charge in [0.1, 0.15) is 0 Å². The summed E-state index contributed by atoms with van der Waals surface area (Å²) in [7, 11) is 0. The van der Waals surface area contributed by atoms with Crippen LogP contribution in [-0.4, -0.2) is 5.91 Å². The third kappa shape index (κ3) is 5.13. The van der Waals surface area contributed by atoms with E-state index in [1.165, 1.54) is 6.42 Å². The van der Waals surface area contributed by atoms with Crippen LogP contribution in [0.2, 0.25) is 0 Å². The lowest BCUT2D eigenvalue weighted by molar-refractivity contribution is -0.124. The lowest BCUT2D eigenvalue weighted by Crippen LogP contribution is -2.34. The molecule has 3 nitrogen and oxygen atoms in total. The highest BCUT2D eigenvalue weighted by Gasteiger charge is 2.10. The van der Waals surface area contributed by atoms with Crippen LogP contribution >= 0.6 is 0 Å². The van der Waals surface area contributed by atoms with Crippen LogP contribution in [-0.2, 0) is 4.79 Å². The molecule has 0 aliphatic heterocycles. The van der Waals surface area contributed by atoms with Gasteiger partial charge in [-0.1, -0.05) is 33.6 Å². The van der Waals surface area contributed by atoms with E-state index in [4.69, 9.17) is 5.84 Å². The molecule has 1 unspecified atom stereocenters. The van der Waals surface area contributed by atoms with Gasteiger partial charge in [0.2, 0.25) is 5.91 Å². The number of nitrogens with one attached hydrogen (secondary N) is 1. The first-order valence-electron chi connectivity index (χ1n) is 4.58. The van der Waals surface area contributed by atoms with Gasteiger partial charge < -0.3 is 0 Å². The van der Waals surface area contributed by atoms with E-state index < -0.39 is 0 Å². The fraction of sp³-hybridized carbons (Fsp3) is 0.889. The van der Waals surface area contributed by atoms with E-state index in [2.05, 4.69) is 19.3 Å². The number of hydrogen-bond acceptors (Lipinski definition) is 2. The number of carbonyl (C=O) groups excluding carboxylic acids is 1. The maximum atomic E-state index is 11.0. The van der Waals surface area contributed by atoms with E-state index in [9.17, 15) is 4.79 Å². The number of hydrazine groups is 1. The molecule has 1 amide bonds. The maximum Gasteiger partial charge on any atom is 0.236 e. The number of nitrogens with two attached hydrogens (primary N) is 1. The predicted molar refractivity (Wildman–Crippen MR) is 50.2 cm³/mol. The Morgan fingerprint density at radius 2 is 1.92 bits per heavy atom. The van der Waals surface area contributed by atoms with Crippen LogP contribution in [0.3, 0.4) is 0 Å². The van der Waals surface area contributed by atoms with Gasteiger partial charge in [0.15, 0.2) is 0 Å². The summed E-state index contributed by atoms with van der Waals surface area (Å²) < 4.78 is 0. The monoisotopic (exact) mass is 172 g/mol. The molecule has 0 heterocycles. The smallest absolute Gasteiger partial charge is 0.236 e. The second-order valence-electron chi connectivity index (χ2n) is 3.73. The summed E-state index contributed by atoms with van der Waals surface area (Å²) in [6.07, 6.45) is 3.22. The first-order chi connectivity index (χ1) is 5.57. The minimum Gasteiger partial charge on any atom is -0.294 e. The molecule has 0 aromatic heterocycles. The molecule has 0 radical (unpaired) electrons. The van der Waals surface area contributed by atoms with Gasteiger partial charge in [0.05, 0.1) is 0 Å². The van der Waals surface area contributed by atoms with E-state index >= 15 is 0 Å². The lowest BCUT2D eigenvalue weighted by Gasteiger charge is -2.09. The number of amides is 1. The Bertz CT molecular complexity index is 134. The summed E-state index contributed by atoms with van der Waals surface area (Å²) in [4.78, 5) is 11.0. The molecular weight excluding hydrogens is 152 g/mol. The summed E-state index contributed by atoms with van der Waals surface area (Å²) in [6, 6.07) is 0. The SMILES string of the molecule is CC(C)CCCC(C)C(=O)NN. The van der Waals surface area contributed by atoms with Crippen LogP contribution in [0.25, 0.3) is 0 Å². The highest BCUT2D eigenvalue weighted by Crippen LogP contribution is 2.11. The Labute approximate surface area is 74.7 Å². The molecule has 3 heteroatoms. The van der Waals surface area contributed by atoms with Crippen LogP contribution in [0, 0.1) is 11.8 Å². The van der Waals surface area contributed by atoms with Gasteiger partial charge in [-0.25, -0.2) is 5.84 Å². The van der Waals surface area contributed by atoms with Crippen molar-refractivity contribution in [3.63, 3.8) is 0 Å². The van der Waals surface area contributed by atoms with E-state index in [0.29, 0.717) is 0 Å². The first-order valence-corrected chi connectivity index (χ1v) is 4.58. The van der Waals surface area contributed by atoms with Crippen LogP contribution < -0.4 is 11.3 Å². The second kappa shape index (κ2) is 6.00. The average molecular weight is 172 g/mol. The molecule has 0 bridgehead atoms. The largest absolute Gasteiger partial charge is 0.294 e. The quantitative estimate of drug-likeness (QED) is 0.374. The molecule has 0 saturated heterocycles. The third-order valence-corrected chi connectivity index (χ3v) is 2.01. The van der Waals surface area contributed by atoms with Crippen molar-refractivity contribution >= 4 is 5.91 Å². The van der Waals surface area contributed by atoms with Gasteiger partial charge in [-0.2, -0.15) is 0 Å². The molecular formula is C9H20N2O. The summed E-state index contributed by atoms with van der Waals surface area (Å²) in [6.45, 7) is 6.28. The minimum absolute atomic E-state index is 0.0498. The Morgan fingerprint density at radius 3 is 2.33 bits per heavy atom. The van der Waals surface area contributed by atoms with Crippen molar-refractivity contribution < 1.29 is 4.79 Å². The highest BCUT2D eigenvalue weighted by atomic mass is 16.2. The van der Waals surface area contributed by atoms with Gasteiger partial charge in [0.25, 0.3) is 0 Å². The van der Waals surface area contributed by atoms with E-state index in [1.54, 1.807) is 0 Å². The normalized spacial score (nSPS) is 13.1. The predicted octanol–water partition coefficient (Wildman–Crippen LogP) is 1.44. The Morgan fingerprint density at radius 1 is 1.33 bits per heavy atom. The van der Waals surface area contributed by atoms with E-state index in [0.717, 1.165) is 18.8 Å². The number of hydrogen-bond donors (Lipinski definition) is 2. The van der Waals surface area contributed by atoms with Crippen LogP contribution in [0.1, 0.15) is 40.0 Å². The number of rotatable bonds is 5. The highest BCUT2D eigenvalue weighted by molar-refractivity contribution is 5.77. The molecule has 0 aliphatic rings. The lowest BCUT2D eigenvalue weighted by atomic mass is 9.99. The summed E-state index contributed by atoms with van der Waals surface area (Å²) in [5.74, 6) is 5.72. The molecule has 0 rings (SSSR count). The van der Waals surface area contributed by atoms with E-state index in [-0.39, 0.29) is 11.8 Å². The van der Waals surface area contributed by atoms with Crippen molar-refractivity contribution in [2.24, 2.45) is 17.7 Å². The summed E-state index contributed by atoms with van der Waals surface area (Å²) in [5.41, 5.74) is 2.16. The summed E-state index contributed by atoms with van der Waals surface area (Å²) >= 11 is 0. The van der Waals surface area contributed by atoms with Gasteiger partial charge >= 0.3 is 0 Å². The Balaban J connectivity index is 3.43. The topological polar surface area (TPSA) is 55.1 Å². The molecule has 0 aromatic carbocycles. The molecule has 0 saturated carbocycles.